The second kappa shape index (κ2) is 6.20. The summed E-state index contributed by atoms with van der Waals surface area (Å²) in [5.74, 6) is 0.720. The number of hydrogen-bond acceptors (Lipinski definition) is 3. The lowest BCUT2D eigenvalue weighted by molar-refractivity contribution is -0.135. The lowest BCUT2D eigenvalue weighted by atomic mass is 9.92. The number of hydrogen-bond donors (Lipinski definition) is 1. The van der Waals surface area contributed by atoms with Crippen LogP contribution in [0.25, 0.3) is 0 Å². The average Bonchev–Trinajstić information content (AvgIpc) is 2.54. The van der Waals surface area contributed by atoms with Crippen molar-refractivity contribution >= 4 is 5.91 Å². The SMILES string of the molecule is CC1(c2ccc(OCc3ccccc3)cc2)COCC(=O)N1. The molecule has 4 nitrogen and oxygen atoms in total. The van der Waals surface area contributed by atoms with Crippen LogP contribution in [0.4, 0.5) is 0 Å². The zero-order valence-electron chi connectivity index (χ0n) is 12.5. The zero-order chi connectivity index (χ0) is 15.4. The van der Waals surface area contributed by atoms with E-state index < -0.39 is 5.54 Å². The Morgan fingerprint density at radius 3 is 2.55 bits per heavy atom. The third-order valence-electron chi connectivity index (χ3n) is 3.78. The minimum Gasteiger partial charge on any atom is -0.489 e. The molecule has 1 aliphatic heterocycles. The Hall–Kier alpha value is -2.33. The number of rotatable bonds is 4. The highest BCUT2D eigenvalue weighted by atomic mass is 16.5. The molecule has 1 aliphatic rings. The third-order valence-corrected chi connectivity index (χ3v) is 3.78. The summed E-state index contributed by atoms with van der Waals surface area (Å²) < 4.78 is 11.1. The summed E-state index contributed by atoms with van der Waals surface area (Å²) in [5, 5.41) is 2.98. The predicted molar refractivity (Wildman–Crippen MR) is 83.5 cm³/mol. The van der Waals surface area contributed by atoms with Gasteiger partial charge in [-0.1, -0.05) is 42.5 Å². The van der Waals surface area contributed by atoms with Crippen LogP contribution in [0, 0.1) is 0 Å². The molecule has 1 heterocycles. The minimum atomic E-state index is -0.479. The molecule has 3 rings (SSSR count). The Morgan fingerprint density at radius 1 is 1.14 bits per heavy atom. The summed E-state index contributed by atoms with van der Waals surface area (Å²) >= 11 is 0. The van der Waals surface area contributed by atoms with Crippen LogP contribution < -0.4 is 10.1 Å². The smallest absolute Gasteiger partial charge is 0.246 e. The van der Waals surface area contributed by atoms with Gasteiger partial charge in [-0.05, 0) is 30.2 Å². The van der Waals surface area contributed by atoms with E-state index in [2.05, 4.69) is 5.32 Å². The second-order valence-corrected chi connectivity index (χ2v) is 5.67. The van der Waals surface area contributed by atoms with E-state index in [-0.39, 0.29) is 12.5 Å². The van der Waals surface area contributed by atoms with Gasteiger partial charge < -0.3 is 14.8 Å². The zero-order valence-corrected chi connectivity index (χ0v) is 12.5. The van der Waals surface area contributed by atoms with Crippen molar-refractivity contribution in [3.05, 3.63) is 65.7 Å². The summed E-state index contributed by atoms with van der Waals surface area (Å²) in [6.45, 7) is 3.11. The quantitative estimate of drug-likeness (QED) is 0.943. The van der Waals surface area contributed by atoms with Gasteiger partial charge in [0.1, 0.15) is 19.0 Å². The molecule has 1 atom stereocenters. The van der Waals surface area contributed by atoms with Crippen molar-refractivity contribution in [2.75, 3.05) is 13.2 Å². The van der Waals surface area contributed by atoms with E-state index in [0.717, 1.165) is 16.9 Å². The first-order chi connectivity index (χ1) is 10.7. The van der Waals surface area contributed by atoms with Crippen molar-refractivity contribution in [1.29, 1.82) is 0 Å². The van der Waals surface area contributed by atoms with E-state index in [9.17, 15) is 4.79 Å². The molecule has 1 N–H and O–H groups in total. The fourth-order valence-electron chi connectivity index (χ4n) is 2.54. The van der Waals surface area contributed by atoms with E-state index in [4.69, 9.17) is 9.47 Å². The monoisotopic (exact) mass is 297 g/mol. The highest BCUT2D eigenvalue weighted by Crippen LogP contribution is 2.25. The Labute approximate surface area is 130 Å². The summed E-state index contributed by atoms with van der Waals surface area (Å²) in [6.07, 6.45) is 0. The van der Waals surface area contributed by atoms with Gasteiger partial charge in [0.2, 0.25) is 5.91 Å². The Kier molecular flexibility index (Phi) is 4.11. The molecule has 0 aliphatic carbocycles. The van der Waals surface area contributed by atoms with E-state index in [0.29, 0.717) is 13.2 Å². The standard InChI is InChI=1S/C18H19NO3/c1-18(13-21-12-17(20)19-18)15-7-9-16(10-8-15)22-11-14-5-3-2-4-6-14/h2-10H,11-13H2,1H3,(H,19,20). The van der Waals surface area contributed by atoms with Gasteiger partial charge in [-0.15, -0.1) is 0 Å². The molecule has 2 aromatic rings. The fraction of sp³-hybridized carbons (Fsp3) is 0.278. The first-order valence-electron chi connectivity index (χ1n) is 7.32. The van der Waals surface area contributed by atoms with Crippen LogP contribution >= 0.6 is 0 Å². The molecule has 1 amide bonds. The Balaban J connectivity index is 1.66. The van der Waals surface area contributed by atoms with Crippen molar-refractivity contribution in [1.82, 2.24) is 5.32 Å². The van der Waals surface area contributed by atoms with Crippen molar-refractivity contribution in [2.45, 2.75) is 19.1 Å². The van der Waals surface area contributed by atoms with Crippen molar-refractivity contribution in [2.24, 2.45) is 0 Å². The maximum Gasteiger partial charge on any atom is 0.246 e. The normalized spacial score (nSPS) is 21.2. The van der Waals surface area contributed by atoms with Crippen molar-refractivity contribution in [3.8, 4) is 5.75 Å². The maximum atomic E-state index is 11.5. The lowest BCUT2D eigenvalue weighted by Crippen LogP contribution is -2.52. The molecule has 0 bridgehead atoms. The summed E-state index contributed by atoms with van der Waals surface area (Å²) in [5.41, 5.74) is 1.66. The second-order valence-electron chi connectivity index (χ2n) is 5.67. The lowest BCUT2D eigenvalue weighted by Gasteiger charge is -2.34. The first kappa shape index (κ1) is 14.6. The molecule has 114 valence electrons. The van der Waals surface area contributed by atoms with Gasteiger partial charge in [-0.25, -0.2) is 0 Å². The molecule has 22 heavy (non-hydrogen) atoms. The van der Waals surface area contributed by atoms with E-state index in [1.54, 1.807) is 0 Å². The number of amides is 1. The average molecular weight is 297 g/mol. The number of morpholine rings is 1. The molecule has 1 unspecified atom stereocenters. The van der Waals surface area contributed by atoms with Gasteiger partial charge in [-0.3, -0.25) is 4.79 Å². The molecule has 0 aromatic heterocycles. The topological polar surface area (TPSA) is 47.6 Å². The minimum absolute atomic E-state index is 0.0850. The molecule has 0 saturated carbocycles. The molecular weight excluding hydrogens is 278 g/mol. The third kappa shape index (κ3) is 3.28. The van der Waals surface area contributed by atoms with Crippen LogP contribution in [-0.2, 0) is 21.7 Å². The van der Waals surface area contributed by atoms with Crippen LogP contribution in [0.5, 0.6) is 5.75 Å². The Bertz CT molecular complexity index is 639. The molecule has 4 heteroatoms. The summed E-state index contributed by atoms with van der Waals surface area (Å²) in [4.78, 5) is 11.5. The number of ether oxygens (including phenoxy) is 2. The van der Waals surface area contributed by atoms with E-state index in [1.807, 2.05) is 61.5 Å². The van der Waals surface area contributed by atoms with Gasteiger partial charge in [0.05, 0.1) is 12.1 Å². The predicted octanol–water partition coefficient (Wildman–Crippen LogP) is 2.63. The van der Waals surface area contributed by atoms with Gasteiger partial charge in [0, 0.05) is 0 Å². The van der Waals surface area contributed by atoms with Crippen LogP contribution in [-0.4, -0.2) is 19.1 Å². The molecule has 1 saturated heterocycles. The number of carbonyl (C=O) groups excluding carboxylic acids is 1. The largest absolute Gasteiger partial charge is 0.489 e. The highest BCUT2D eigenvalue weighted by Gasteiger charge is 2.32. The van der Waals surface area contributed by atoms with Crippen LogP contribution in [0.1, 0.15) is 18.1 Å². The van der Waals surface area contributed by atoms with Gasteiger partial charge in [0.25, 0.3) is 0 Å². The molecule has 1 fully saturated rings. The number of benzene rings is 2. The molecule has 0 radical (unpaired) electrons. The van der Waals surface area contributed by atoms with Gasteiger partial charge >= 0.3 is 0 Å². The molecule has 0 spiro atoms. The number of nitrogens with one attached hydrogen (secondary N) is 1. The van der Waals surface area contributed by atoms with Crippen LogP contribution in [0.2, 0.25) is 0 Å². The van der Waals surface area contributed by atoms with Gasteiger partial charge in [0.15, 0.2) is 0 Å². The first-order valence-corrected chi connectivity index (χ1v) is 7.32. The van der Waals surface area contributed by atoms with Crippen molar-refractivity contribution in [3.63, 3.8) is 0 Å². The Morgan fingerprint density at radius 2 is 1.86 bits per heavy atom. The van der Waals surface area contributed by atoms with E-state index in [1.165, 1.54) is 0 Å². The highest BCUT2D eigenvalue weighted by molar-refractivity contribution is 5.79. The van der Waals surface area contributed by atoms with Crippen LogP contribution in [0.15, 0.2) is 54.6 Å². The molecule has 2 aromatic carbocycles. The maximum absolute atomic E-state index is 11.5. The molecular formula is C18H19NO3. The van der Waals surface area contributed by atoms with Crippen LogP contribution in [0.3, 0.4) is 0 Å². The van der Waals surface area contributed by atoms with Crippen molar-refractivity contribution < 1.29 is 14.3 Å². The van der Waals surface area contributed by atoms with Gasteiger partial charge in [-0.2, -0.15) is 0 Å². The number of carbonyl (C=O) groups is 1. The van der Waals surface area contributed by atoms with E-state index >= 15 is 0 Å². The summed E-state index contributed by atoms with van der Waals surface area (Å²) in [6, 6.07) is 17.8. The summed E-state index contributed by atoms with van der Waals surface area (Å²) in [7, 11) is 0. The fourth-order valence-corrected chi connectivity index (χ4v) is 2.54.